The molecule has 0 heterocycles. The van der Waals surface area contributed by atoms with Gasteiger partial charge >= 0.3 is 0 Å². The SMILES string of the molecule is O=C(CCl)N(Cc1cc(F)cc(F)c1)C1CC1. The van der Waals surface area contributed by atoms with Crippen LogP contribution in [0.3, 0.4) is 0 Å². The molecule has 17 heavy (non-hydrogen) atoms. The summed E-state index contributed by atoms with van der Waals surface area (Å²) < 4.78 is 26.0. The number of amides is 1. The van der Waals surface area contributed by atoms with E-state index in [1.54, 1.807) is 4.90 Å². The molecule has 0 radical (unpaired) electrons. The van der Waals surface area contributed by atoms with Crippen LogP contribution in [-0.2, 0) is 11.3 Å². The fourth-order valence-electron chi connectivity index (χ4n) is 1.78. The van der Waals surface area contributed by atoms with Gasteiger partial charge in [-0.2, -0.15) is 0 Å². The molecule has 1 aliphatic carbocycles. The van der Waals surface area contributed by atoms with E-state index in [0.717, 1.165) is 18.9 Å². The summed E-state index contributed by atoms with van der Waals surface area (Å²) in [4.78, 5) is 13.2. The molecule has 1 saturated carbocycles. The van der Waals surface area contributed by atoms with Gasteiger partial charge in [0, 0.05) is 18.7 Å². The van der Waals surface area contributed by atoms with Gasteiger partial charge in [0.1, 0.15) is 17.5 Å². The Morgan fingerprint density at radius 3 is 2.35 bits per heavy atom. The third-order valence-electron chi connectivity index (χ3n) is 2.70. The third-order valence-corrected chi connectivity index (χ3v) is 2.93. The molecule has 0 aromatic heterocycles. The van der Waals surface area contributed by atoms with Gasteiger partial charge in [-0.3, -0.25) is 4.79 Å². The van der Waals surface area contributed by atoms with Gasteiger partial charge in [-0.1, -0.05) is 0 Å². The van der Waals surface area contributed by atoms with Crippen molar-refractivity contribution in [1.82, 2.24) is 4.90 Å². The minimum atomic E-state index is -0.630. The zero-order valence-electron chi connectivity index (χ0n) is 9.13. The lowest BCUT2D eigenvalue weighted by Crippen LogP contribution is -2.33. The van der Waals surface area contributed by atoms with Crippen molar-refractivity contribution in [3.63, 3.8) is 0 Å². The number of carbonyl (C=O) groups is 1. The quantitative estimate of drug-likeness (QED) is 0.762. The van der Waals surface area contributed by atoms with Gasteiger partial charge in [0.2, 0.25) is 5.91 Å². The summed E-state index contributed by atoms with van der Waals surface area (Å²) >= 11 is 5.51. The minimum Gasteiger partial charge on any atom is -0.334 e. The zero-order chi connectivity index (χ0) is 12.4. The molecular weight excluding hydrogens is 248 g/mol. The molecule has 0 aliphatic heterocycles. The van der Waals surface area contributed by atoms with Gasteiger partial charge in [-0.15, -0.1) is 11.6 Å². The summed E-state index contributed by atoms with van der Waals surface area (Å²) in [5.74, 6) is -1.56. The van der Waals surface area contributed by atoms with Crippen molar-refractivity contribution < 1.29 is 13.6 Å². The summed E-state index contributed by atoms with van der Waals surface area (Å²) in [5, 5.41) is 0. The lowest BCUT2D eigenvalue weighted by atomic mass is 10.2. The van der Waals surface area contributed by atoms with Crippen LogP contribution in [0.25, 0.3) is 0 Å². The summed E-state index contributed by atoms with van der Waals surface area (Å²) in [6.45, 7) is 0.213. The standard InChI is InChI=1S/C12H12ClF2NO/c13-6-12(17)16(11-1-2-11)7-8-3-9(14)5-10(15)4-8/h3-5,11H,1-2,6-7H2. The molecule has 2 nitrogen and oxygen atoms in total. The Balaban J connectivity index is 2.14. The van der Waals surface area contributed by atoms with E-state index in [2.05, 4.69) is 0 Å². The molecule has 1 fully saturated rings. The van der Waals surface area contributed by atoms with Crippen LogP contribution in [0.15, 0.2) is 18.2 Å². The molecule has 5 heteroatoms. The van der Waals surface area contributed by atoms with Gasteiger partial charge in [0.05, 0.1) is 0 Å². The highest BCUT2D eigenvalue weighted by atomic mass is 35.5. The lowest BCUT2D eigenvalue weighted by Gasteiger charge is -2.21. The van der Waals surface area contributed by atoms with Crippen LogP contribution in [0.4, 0.5) is 8.78 Å². The number of alkyl halides is 1. The second kappa shape index (κ2) is 5.00. The Labute approximate surface area is 103 Å². The van der Waals surface area contributed by atoms with E-state index in [4.69, 9.17) is 11.6 Å². The third kappa shape index (κ3) is 3.16. The first-order valence-electron chi connectivity index (χ1n) is 5.40. The van der Waals surface area contributed by atoms with Crippen LogP contribution in [0, 0.1) is 11.6 Å². The molecule has 1 aliphatic rings. The highest BCUT2D eigenvalue weighted by Crippen LogP contribution is 2.28. The van der Waals surface area contributed by atoms with Crippen molar-refractivity contribution in [3.8, 4) is 0 Å². The number of hydrogen-bond acceptors (Lipinski definition) is 1. The van der Waals surface area contributed by atoms with Gasteiger partial charge in [0.25, 0.3) is 0 Å². The molecule has 0 atom stereocenters. The van der Waals surface area contributed by atoms with Crippen LogP contribution in [0.5, 0.6) is 0 Å². The van der Waals surface area contributed by atoms with Gasteiger partial charge in [-0.25, -0.2) is 8.78 Å². The highest BCUT2D eigenvalue weighted by molar-refractivity contribution is 6.27. The van der Waals surface area contributed by atoms with Crippen LogP contribution in [0.2, 0.25) is 0 Å². The van der Waals surface area contributed by atoms with Crippen molar-refractivity contribution in [2.24, 2.45) is 0 Å². The maximum Gasteiger partial charge on any atom is 0.238 e. The molecule has 0 bridgehead atoms. The molecule has 1 amide bonds. The number of rotatable bonds is 4. The number of carbonyl (C=O) groups excluding carboxylic acids is 1. The second-order valence-electron chi connectivity index (χ2n) is 4.16. The normalized spacial score (nSPS) is 14.8. The van der Waals surface area contributed by atoms with Gasteiger partial charge in [-0.05, 0) is 30.5 Å². The Kier molecular flexibility index (Phi) is 3.62. The Bertz CT molecular complexity index is 414. The molecule has 1 aromatic rings. The predicted octanol–water partition coefficient (Wildman–Crippen LogP) is 2.69. The van der Waals surface area contributed by atoms with Crippen molar-refractivity contribution in [3.05, 3.63) is 35.4 Å². The van der Waals surface area contributed by atoms with Gasteiger partial charge in [0.15, 0.2) is 0 Å². The van der Waals surface area contributed by atoms with E-state index in [-0.39, 0.29) is 24.4 Å². The van der Waals surface area contributed by atoms with Crippen LogP contribution >= 0.6 is 11.6 Å². The number of benzene rings is 1. The van der Waals surface area contributed by atoms with E-state index in [0.29, 0.717) is 5.56 Å². The molecule has 2 rings (SSSR count). The lowest BCUT2D eigenvalue weighted by molar-refractivity contribution is -0.129. The zero-order valence-corrected chi connectivity index (χ0v) is 9.88. The first kappa shape index (κ1) is 12.3. The van der Waals surface area contributed by atoms with Crippen LogP contribution in [0.1, 0.15) is 18.4 Å². The van der Waals surface area contributed by atoms with E-state index in [9.17, 15) is 13.6 Å². The van der Waals surface area contributed by atoms with Crippen molar-refractivity contribution in [2.45, 2.75) is 25.4 Å². The summed E-state index contributed by atoms with van der Waals surface area (Å²) in [6.07, 6.45) is 1.86. The van der Waals surface area contributed by atoms with Crippen molar-refractivity contribution in [1.29, 1.82) is 0 Å². The fourth-order valence-corrected chi connectivity index (χ4v) is 1.94. The fraction of sp³-hybridized carbons (Fsp3) is 0.417. The maximum absolute atomic E-state index is 13.0. The number of halogens is 3. The average Bonchev–Trinajstić information content (AvgIpc) is 3.07. The second-order valence-corrected chi connectivity index (χ2v) is 4.43. The monoisotopic (exact) mass is 259 g/mol. The van der Waals surface area contributed by atoms with E-state index in [1.807, 2.05) is 0 Å². The molecule has 0 N–H and O–H groups in total. The van der Waals surface area contributed by atoms with Crippen LogP contribution < -0.4 is 0 Å². The van der Waals surface area contributed by atoms with E-state index in [1.165, 1.54) is 12.1 Å². The molecule has 0 spiro atoms. The average molecular weight is 260 g/mol. The Morgan fingerprint density at radius 2 is 1.88 bits per heavy atom. The molecular formula is C12H12ClF2NO. The minimum absolute atomic E-state index is 0.103. The first-order chi connectivity index (χ1) is 8.10. The summed E-state index contributed by atoms with van der Waals surface area (Å²) in [5.41, 5.74) is 0.452. The predicted molar refractivity (Wildman–Crippen MR) is 60.7 cm³/mol. The molecule has 1 aromatic carbocycles. The van der Waals surface area contributed by atoms with Crippen molar-refractivity contribution in [2.75, 3.05) is 5.88 Å². The number of hydrogen-bond donors (Lipinski definition) is 0. The number of nitrogens with zero attached hydrogens (tertiary/aromatic N) is 1. The summed E-state index contributed by atoms with van der Waals surface area (Å²) in [6, 6.07) is 3.46. The largest absolute Gasteiger partial charge is 0.334 e. The summed E-state index contributed by atoms with van der Waals surface area (Å²) in [7, 11) is 0. The van der Waals surface area contributed by atoms with E-state index >= 15 is 0 Å². The Morgan fingerprint density at radius 1 is 1.29 bits per heavy atom. The molecule has 92 valence electrons. The van der Waals surface area contributed by atoms with Crippen LogP contribution in [-0.4, -0.2) is 22.7 Å². The van der Waals surface area contributed by atoms with Crippen molar-refractivity contribution >= 4 is 17.5 Å². The Hall–Kier alpha value is -1.16. The maximum atomic E-state index is 13.0. The smallest absolute Gasteiger partial charge is 0.238 e. The highest BCUT2D eigenvalue weighted by Gasteiger charge is 2.32. The van der Waals surface area contributed by atoms with E-state index < -0.39 is 11.6 Å². The molecule has 0 saturated heterocycles. The first-order valence-corrected chi connectivity index (χ1v) is 5.94. The van der Waals surface area contributed by atoms with Gasteiger partial charge < -0.3 is 4.90 Å². The molecule has 0 unspecified atom stereocenters. The topological polar surface area (TPSA) is 20.3 Å².